The van der Waals surface area contributed by atoms with Gasteiger partial charge >= 0.3 is 5.97 Å². The predicted octanol–water partition coefficient (Wildman–Crippen LogP) is 6.21. The van der Waals surface area contributed by atoms with Gasteiger partial charge in [-0.3, -0.25) is 14.4 Å². The molecular weight excluding hydrogens is 595 g/mol. The molecule has 5 rings (SSSR count). The number of allylic oxidation sites excluding steroid dienone is 1. The van der Waals surface area contributed by atoms with Crippen LogP contribution in [0.15, 0.2) is 64.1 Å². The number of likely N-dealkylation sites (tertiary alicyclic amines) is 1. The van der Waals surface area contributed by atoms with E-state index in [0.29, 0.717) is 34.3 Å². The lowest BCUT2D eigenvalue weighted by atomic mass is 9.81. The summed E-state index contributed by atoms with van der Waals surface area (Å²) in [7, 11) is 0. The fourth-order valence-electron chi connectivity index (χ4n) is 6.13. The number of fused-ring (bicyclic) bond motifs is 1. The Bertz CT molecular complexity index is 1460. The average Bonchev–Trinajstić information content (AvgIpc) is 3.61. The zero-order valence-corrected chi connectivity index (χ0v) is 26.3. The molecule has 1 unspecified atom stereocenters. The molecule has 0 aromatic heterocycles. The van der Waals surface area contributed by atoms with Crippen LogP contribution < -0.4 is 5.32 Å². The average molecular weight is 630 g/mol. The highest BCUT2D eigenvalue weighted by atomic mass is 35.5. The van der Waals surface area contributed by atoms with Gasteiger partial charge in [0.05, 0.1) is 12.5 Å². The molecule has 0 aliphatic carbocycles. The Hall–Kier alpha value is -3.01. The molecule has 0 bridgehead atoms. The Kier molecular flexibility index (Phi) is 8.65. The number of aliphatic imine (C=N–C) groups is 1. The number of amidine groups is 1. The van der Waals surface area contributed by atoms with Crippen molar-refractivity contribution in [3.63, 3.8) is 0 Å². The summed E-state index contributed by atoms with van der Waals surface area (Å²) in [4.78, 5) is 48.1. The molecule has 4 atom stereocenters. The van der Waals surface area contributed by atoms with Crippen molar-refractivity contribution >= 4 is 57.9 Å². The number of hydrogen-bond donors (Lipinski definition) is 2. The molecule has 3 aliphatic rings. The monoisotopic (exact) mass is 628 g/mol. The molecule has 42 heavy (non-hydrogen) atoms. The lowest BCUT2D eigenvalue weighted by Gasteiger charge is -2.37. The number of thioether (sulfide) groups is 1. The van der Waals surface area contributed by atoms with Gasteiger partial charge in [-0.05, 0) is 79.8 Å². The minimum absolute atomic E-state index is 0.0167. The highest BCUT2D eigenvalue weighted by Crippen LogP contribution is 2.56. The normalized spacial score (nSPS) is 24.2. The lowest BCUT2D eigenvalue weighted by molar-refractivity contribution is -0.139. The number of rotatable bonds is 8. The topological polar surface area (TPSA) is 102 Å². The minimum Gasteiger partial charge on any atom is -0.481 e. The van der Waals surface area contributed by atoms with Crippen molar-refractivity contribution in [2.45, 2.75) is 70.6 Å². The Morgan fingerprint density at radius 3 is 2.29 bits per heavy atom. The van der Waals surface area contributed by atoms with Gasteiger partial charge in [0, 0.05) is 28.3 Å². The largest absolute Gasteiger partial charge is 0.481 e. The SMILES string of the molecule is CC(CC(=O)O)NC(=O)[C@@H]1CCCN1C(=O)C1=C(C(C)C)N2C(=N[C@@](C)(c3ccc(Cl)cc3)[C@H]2c2ccc(Cl)cc2)S1. The summed E-state index contributed by atoms with van der Waals surface area (Å²) in [6, 6.07) is 14.0. The van der Waals surface area contributed by atoms with Gasteiger partial charge in [0.2, 0.25) is 5.91 Å². The molecule has 3 heterocycles. The molecule has 8 nitrogen and oxygen atoms in total. The van der Waals surface area contributed by atoms with Gasteiger partial charge in [-0.25, -0.2) is 4.99 Å². The van der Waals surface area contributed by atoms with E-state index >= 15 is 0 Å². The Labute approximate surface area is 260 Å². The number of amides is 2. The number of nitrogens with zero attached hydrogens (tertiary/aromatic N) is 3. The number of hydrogen-bond acceptors (Lipinski definition) is 6. The third-order valence-corrected chi connectivity index (χ3v) is 9.61. The fraction of sp³-hybridized carbons (Fsp3) is 0.419. The van der Waals surface area contributed by atoms with Gasteiger partial charge < -0.3 is 20.2 Å². The summed E-state index contributed by atoms with van der Waals surface area (Å²) in [6.45, 7) is 8.32. The van der Waals surface area contributed by atoms with E-state index in [2.05, 4.69) is 31.0 Å². The Balaban J connectivity index is 1.52. The van der Waals surface area contributed by atoms with Crippen molar-refractivity contribution < 1.29 is 19.5 Å². The van der Waals surface area contributed by atoms with Crippen LogP contribution in [0.2, 0.25) is 10.0 Å². The first-order valence-corrected chi connectivity index (χ1v) is 15.6. The molecule has 0 spiro atoms. The van der Waals surface area contributed by atoms with E-state index in [1.165, 1.54) is 11.8 Å². The van der Waals surface area contributed by atoms with Crippen LogP contribution in [0.3, 0.4) is 0 Å². The minimum atomic E-state index is -0.988. The third kappa shape index (κ3) is 5.66. The molecule has 2 amide bonds. The molecule has 1 saturated heterocycles. The van der Waals surface area contributed by atoms with E-state index in [1.807, 2.05) is 48.5 Å². The molecule has 0 radical (unpaired) electrons. The zero-order chi connectivity index (χ0) is 30.3. The van der Waals surface area contributed by atoms with Crippen LogP contribution in [0.25, 0.3) is 0 Å². The quantitative estimate of drug-likeness (QED) is 0.360. The summed E-state index contributed by atoms with van der Waals surface area (Å²) in [6.07, 6.45) is 1.04. The molecule has 222 valence electrons. The van der Waals surface area contributed by atoms with Gasteiger partial charge in [-0.1, -0.05) is 61.3 Å². The number of carbonyl (C=O) groups excluding carboxylic acids is 2. The summed E-state index contributed by atoms with van der Waals surface area (Å²) < 4.78 is 0. The highest BCUT2D eigenvalue weighted by molar-refractivity contribution is 8.18. The third-order valence-electron chi connectivity index (χ3n) is 8.05. The second kappa shape index (κ2) is 11.9. The maximum Gasteiger partial charge on any atom is 0.305 e. The van der Waals surface area contributed by atoms with Crippen LogP contribution in [0.5, 0.6) is 0 Å². The van der Waals surface area contributed by atoms with E-state index in [0.717, 1.165) is 22.0 Å². The Morgan fingerprint density at radius 1 is 1.07 bits per heavy atom. The maximum atomic E-state index is 14.2. The van der Waals surface area contributed by atoms with Crippen LogP contribution in [-0.4, -0.2) is 56.5 Å². The van der Waals surface area contributed by atoms with Crippen molar-refractivity contribution in [3.05, 3.63) is 80.3 Å². The van der Waals surface area contributed by atoms with Crippen LogP contribution in [0, 0.1) is 5.92 Å². The van der Waals surface area contributed by atoms with E-state index < -0.39 is 23.6 Å². The first-order chi connectivity index (χ1) is 19.9. The number of carboxylic acids is 1. The maximum absolute atomic E-state index is 14.2. The van der Waals surface area contributed by atoms with Crippen molar-refractivity contribution in [1.29, 1.82) is 0 Å². The van der Waals surface area contributed by atoms with E-state index in [-0.39, 0.29) is 30.2 Å². The fourth-order valence-corrected chi connectivity index (χ4v) is 7.74. The highest BCUT2D eigenvalue weighted by Gasteiger charge is 2.54. The van der Waals surface area contributed by atoms with Crippen molar-refractivity contribution in [1.82, 2.24) is 15.1 Å². The van der Waals surface area contributed by atoms with Crippen LogP contribution in [-0.2, 0) is 19.9 Å². The van der Waals surface area contributed by atoms with Gasteiger partial charge in [-0.15, -0.1) is 0 Å². The van der Waals surface area contributed by atoms with Crippen molar-refractivity contribution in [3.8, 4) is 0 Å². The summed E-state index contributed by atoms with van der Waals surface area (Å²) in [5.74, 6) is -1.53. The molecule has 2 aromatic carbocycles. The van der Waals surface area contributed by atoms with Crippen LogP contribution >= 0.6 is 35.0 Å². The van der Waals surface area contributed by atoms with E-state index in [1.54, 1.807) is 11.8 Å². The number of nitrogens with one attached hydrogen (secondary N) is 1. The van der Waals surface area contributed by atoms with Gasteiger partial charge in [0.15, 0.2) is 5.17 Å². The van der Waals surface area contributed by atoms with Gasteiger partial charge in [0.25, 0.3) is 5.91 Å². The molecule has 11 heteroatoms. The second-order valence-electron chi connectivity index (χ2n) is 11.5. The van der Waals surface area contributed by atoms with Gasteiger partial charge in [0.1, 0.15) is 16.5 Å². The smallest absolute Gasteiger partial charge is 0.305 e. The molecule has 1 fully saturated rings. The van der Waals surface area contributed by atoms with Crippen molar-refractivity contribution in [2.24, 2.45) is 10.9 Å². The molecule has 2 N–H and O–H groups in total. The van der Waals surface area contributed by atoms with E-state index in [9.17, 15) is 14.4 Å². The molecular formula is C31H34Cl2N4O4S. The van der Waals surface area contributed by atoms with Crippen molar-refractivity contribution in [2.75, 3.05) is 6.54 Å². The van der Waals surface area contributed by atoms with Crippen LogP contribution in [0.1, 0.15) is 64.1 Å². The predicted molar refractivity (Wildman–Crippen MR) is 166 cm³/mol. The number of benzene rings is 2. The summed E-state index contributed by atoms with van der Waals surface area (Å²) >= 11 is 13.8. The summed E-state index contributed by atoms with van der Waals surface area (Å²) in [5.41, 5.74) is 2.20. The number of aliphatic carboxylic acids is 1. The Morgan fingerprint density at radius 2 is 1.69 bits per heavy atom. The first kappa shape index (κ1) is 30.4. The number of carboxylic acid groups (broad SMARTS) is 1. The zero-order valence-electron chi connectivity index (χ0n) is 23.9. The molecule has 0 saturated carbocycles. The summed E-state index contributed by atoms with van der Waals surface area (Å²) in [5, 5.41) is 13.9. The number of carbonyl (C=O) groups is 3. The van der Waals surface area contributed by atoms with E-state index in [4.69, 9.17) is 33.3 Å². The standard InChI is InChI=1S/C31H34Cl2N4O4S/c1-17(2)25-26(29(41)36-15-5-6-23(36)28(40)34-18(3)16-24(38)39)42-30-35-31(4,20-9-13-22(33)14-10-20)27(37(25)30)19-7-11-21(32)12-8-19/h7-14,17-18,23,27H,5-6,15-16H2,1-4H3,(H,34,40)(H,38,39)/t18?,23-,27+,31-/m0/s1. The van der Waals surface area contributed by atoms with Gasteiger partial charge in [-0.2, -0.15) is 0 Å². The second-order valence-corrected chi connectivity index (χ2v) is 13.4. The lowest BCUT2D eigenvalue weighted by Crippen LogP contribution is -2.49. The first-order valence-electron chi connectivity index (χ1n) is 14.1. The molecule has 3 aliphatic heterocycles. The van der Waals surface area contributed by atoms with Crippen LogP contribution in [0.4, 0.5) is 0 Å². The number of halogens is 2. The molecule has 2 aromatic rings.